The van der Waals surface area contributed by atoms with E-state index in [2.05, 4.69) is 21.9 Å². The lowest BCUT2D eigenvalue weighted by molar-refractivity contribution is 0.786. The number of thioether (sulfide) groups is 1. The molecule has 0 aliphatic heterocycles. The Labute approximate surface area is 118 Å². The van der Waals surface area contributed by atoms with Gasteiger partial charge in [0.1, 0.15) is 0 Å². The van der Waals surface area contributed by atoms with Gasteiger partial charge >= 0.3 is 0 Å². The zero-order valence-corrected chi connectivity index (χ0v) is 12.4. The summed E-state index contributed by atoms with van der Waals surface area (Å²) in [4.78, 5) is 4.17. The lowest BCUT2D eigenvalue weighted by atomic mass is 10.2. The van der Waals surface area contributed by atoms with Crippen LogP contribution in [0.2, 0.25) is 5.02 Å². The first kappa shape index (κ1) is 15.2. The molecule has 1 aromatic rings. The minimum absolute atomic E-state index is 0.682. The number of nitrogens with one attached hydrogen (secondary N) is 2. The molecule has 0 aromatic heterocycles. The third-order valence-electron chi connectivity index (χ3n) is 2.45. The molecule has 0 aliphatic rings. The van der Waals surface area contributed by atoms with Gasteiger partial charge in [-0.1, -0.05) is 29.8 Å². The second kappa shape index (κ2) is 9.11. The van der Waals surface area contributed by atoms with E-state index in [9.17, 15) is 0 Å². The molecule has 100 valence electrons. The van der Waals surface area contributed by atoms with Gasteiger partial charge in [-0.2, -0.15) is 11.8 Å². The largest absolute Gasteiger partial charge is 0.356 e. The summed E-state index contributed by atoms with van der Waals surface area (Å²) in [6, 6.07) is 7.82. The first-order valence-electron chi connectivity index (χ1n) is 5.94. The number of aliphatic imine (C=N–C) groups is 1. The zero-order valence-electron chi connectivity index (χ0n) is 10.9. The van der Waals surface area contributed by atoms with Crippen molar-refractivity contribution in [3.8, 4) is 0 Å². The lowest BCUT2D eigenvalue weighted by Gasteiger charge is -2.12. The summed E-state index contributed by atoms with van der Waals surface area (Å²) in [5.41, 5.74) is 1.08. The highest BCUT2D eigenvalue weighted by atomic mass is 35.5. The van der Waals surface area contributed by atoms with Gasteiger partial charge in [0.15, 0.2) is 5.96 Å². The van der Waals surface area contributed by atoms with Crippen molar-refractivity contribution >= 4 is 29.3 Å². The third kappa shape index (κ3) is 5.65. The van der Waals surface area contributed by atoms with E-state index in [0.29, 0.717) is 6.54 Å². The summed E-state index contributed by atoms with van der Waals surface area (Å²) in [5, 5.41) is 7.31. The molecule has 0 saturated carbocycles. The molecule has 0 unspecified atom stereocenters. The van der Waals surface area contributed by atoms with Crippen LogP contribution in [0.25, 0.3) is 0 Å². The average molecular weight is 286 g/mol. The van der Waals surface area contributed by atoms with Gasteiger partial charge in [0.05, 0.1) is 0 Å². The van der Waals surface area contributed by atoms with Gasteiger partial charge in [0.2, 0.25) is 0 Å². The molecule has 0 bridgehead atoms. The fraction of sp³-hybridized carbons (Fsp3) is 0.462. The first-order chi connectivity index (χ1) is 8.77. The van der Waals surface area contributed by atoms with Crippen LogP contribution in [0.4, 0.5) is 0 Å². The number of rotatable bonds is 6. The molecule has 0 saturated heterocycles. The molecule has 0 radical (unpaired) electrons. The molecule has 0 amide bonds. The van der Waals surface area contributed by atoms with Crippen molar-refractivity contribution in [3.63, 3.8) is 0 Å². The van der Waals surface area contributed by atoms with Crippen molar-refractivity contribution < 1.29 is 0 Å². The van der Waals surface area contributed by atoms with E-state index in [1.807, 2.05) is 36.0 Å². The molecule has 5 heteroatoms. The summed E-state index contributed by atoms with van der Waals surface area (Å²) in [7, 11) is 1.77. The van der Waals surface area contributed by atoms with Crippen molar-refractivity contribution in [1.82, 2.24) is 10.6 Å². The van der Waals surface area contributed by atoms with E-state index >= 15 is 0 Å². The summed E-state index contributed by atoms with van der Waals surface area (Å²) in [6.07, 6.45) is 3.25. The van der Waals surface area contributed by atoms with E-state index in [1.165, 1.54) is 0 Å². The van der Waals surface area contributed by atoms with Crippen LogP contribution in [-0.2, 0) is 6.54 Å². The van der Waals surface area contributed by atoms with E-state index in [0.717, 1.165) is 35.3 Å². The van der Waals surface area contributed by atoms with Crippen LogP contribution >= 0.6 is 23.4 Å². The van der Waals surface area contributed by atoms with E-state index < -0.39 is 0 Å². The van der Waals surface area contributed by atoms with Crippen LogP contribution in [-0.4, -0.2) is 31.6 Å². The summed E-state index contributed by atoms with van der Waals surface area (Å²) < 4.78 is 0. The fourth-order valence-electron chi connectivity index (χ4n) is 1.46. The summed E-state index contributed by atoms with van der Waals surface area (Å²) in [5.74, 6) is 1.98. The van der Waals surface area contributed by atoms with Crippen LogP contribution in [0.3, 0.4) is 0 Å². The van der Waals surface area contributed by atoms with Gasteiger partial charge in [-0.3, -0.25) is 4.99 Å². The standard InChI is InChI=1S/C13H20ClN3S/c1-15-13(16-8-5-9-18-2)17-10-11-6-3-4-7-12(11)14/h3-4,6-7H,5,8-10H2,1-2H3,(H2,15,16,17). The predicted molar refractivity (Wildman–Crippen MR) is 82.7 cm³/mol. The number of nitrogens with zero attached hydrogens (tertiary/aromatic N) is 1. The average Bonchev–Trinajstić information content (AvgIpc) is 2.40. The van der Waals surface area contributed by atoms with Crippen molar-refractivity contribution in [2.24, 2.45) is 4.99 Å². The van der Waals surface area contributed by atoms with Crippen LogP contribution in [0.15, 0.2) is 29.3 Å². The second-order valence-electron chi connectivity index (χ2n) is 3.79. The smallest absolute Gasteiger partial charge is 0.191 e. The Kier molecular flexibility index (Phi) is 7.69. The maximum absolute atomic E-state index is 6.09. The van der Waals surface area contributed by atoms with Gasteiger partial charge in [0, 0.05) is 25.2 Å². The number of hydrogen-bond acceptors (Lipinski definition) is 2. The SMILES string of the molecule is CN=C(NCCCSC)NCc1ccccc1Cl. The van der Waals surface area contributed by atoms with Gasteiger partial charge in [-0.25, -0.2) is 0 Å². The summed E-state index contributed by atoms with van der Waals surface area (Å²) >= 11 is 7.95. The van der Waals surface area contributed by atoms with Crippen molar-refractivity contribution in [3.05, 3.63) is 34.9 Å². The molecular formula is C13H20ClN3S. The Morgan fingerprint density at radius 3 is 2.78 bits per heavy atom. The highest BCUT2D eigenvalue weighted by Crippen LogP contribution is 2.14. The molecule has 3 nitrogen and oxygen atoms in total. The maximum atomic E-state index is 6.09. The van der Waals surface area contributed by atoms with Gasteiger partial charge < -0.3 is 10.6 Å². The van der Waals surface area contributed by atoms with Gasteiger partial charge in [-0.05, 0) is 30.1 Å². The Balaban J connectivity index is 2.34. The molecule has 0 heterocycles. The van der Waals surface area contributed by atoms with Crippen LogP contribution in [0, 0.1) is 0 Å². The normalized spacial score (nSPS) is 11.4. The minimum Gasteiger partial charge on any atom is -0.356 e. The van der Waals surface area contributed by atoms with E-state index in [1.54, 1.807) is 7.05 Å². The fourth-order valence-corrected chi connectivity index (χ4v) is 2.10. The van der Waals surface area contributed by atoms with E-state index in [4.69, 9.17) is 11.6 Å². The summed E-state index contributed by atoms with van der Waals surface area (Å²) in [6.45, 7) is 1.62. The van der Waals surface area contributed by atoms with Crippen LogP contribution in [0.1, 0.15) is 12.0 Å². The number of guanidine groups is 1. The molecular weight excluding hydrogens is 266 g/mol. The monoisotopic (exact) mass is 285 g/mol. The predicted octanol–water partition coefficient (Wildman–Crippen LogP) is 2.76. The maximum Gasteiger partial charge on any atom is 0.191 e. The van der Waals surface area contributed by atoms with Gasteiger partial charge in [0.25, 0.3) is 0 Å². The van der Waals surface area contributed by atoms with Gasteiger partial charge in [-0.15, -0.1) is 0 Å². The topological polar surface area (TPSA) is 36.4 Å². The quantitative estimate of drug-likeness (QED) is 0.479. The molecule has 18 heavy (non-hydrogen) atoms. The highest BCUT2D eigenvalue weighted by Gasteiger charge is 2.00. The number of benzene rings is 1. The first-order valence-corrected chi connectivity index (χ1v) is 7.72. The Morgan fingerprint density at radius 2 is 2.11 bits per heavy atom. The zero-order chi connectivity index (χ0) is 13.2. The minimum atomic E-state index is 0.682. The Morgan fingerprint density at radius 1 is 1.33 bits per heavy atom. The lowest BCUT2D eigenvalue weighted by Crippen LogP contribution is -2.37. The molecule has 2 N–H and O–H groups in total. The Hall–Kier alpha value is -0.870. The second-order valence-corrected chi connectivity index (χ2v) is 5.18. The van der Waals surface area contributed by atoms with E-state index in [-0.39, 0.29) is 0 Å². The van der Waals surface area contributed by atoms with Crippen molar-refractivity contribution in [2.45, 2.75) is 13.0 Å². The molecule has 1 aromatic carbocycles. The molecule has 1 rings (SSSR count). The number of hydrogen-bond donors (Lipinski definition) is 2. The third-order valence-corrected chi connectivity index (χ3v) is 3.51. The van der Waals surface area contributed by atoms with Crippen LogP contribution < -0.4 is 10.6 Å². The van der Waals surface area contributed by atoms with Crippen molar-refractivity contribution in [2.75, 3.05) is 25.6 Å². The van der Waals surface area contributed by atoms with Crippen molar-refractivity contribution in [1.29, 1.82) is 0 Å². The number of halogens is 1. The molecule has 0 spiro atoms. The molecule has 0 fully saturated rings. The highest BCUT2D eigenvalue weighted by molar-refractivity contribution is 7.98. The Bertz CT molecular complexity index is 382. The van der Waals surface area contributed by atoms with Crippen LogP contribution in [0.5, 0.6) is 0 Å². The molecule has 0 aliphatic carbocycles. The molecule has 0 atom stereocenters.